The summed E-state index contributed by atoms with van der Waals surface area (Å²) in [5.41, 5.74) is 3.34. The largest absolute Gasteiger partial charge is 0.507 e. The van der Waals surface area contributed by atoms with E-state index in [2.05, 4.69) is 4.90 Å². The predicted molar refractivity (Wildman–Crippen MR) is 100 cm³/mol. The first-order chi connectivity index (χ1) is 12.6. The van der Waals surface area contributed by atoms with Gasteiger partial charge >= 0.3 is 5.63 Å². The molecule has 26 heavy (non-hydrogen) atoms. The van der Waals surface area contributed by atoms with Crippen molar-refractivity contribution in [1.29, 1.82) is 0 Å². The van der Waals surface area contributed by atoms with Crippen LogP contribution in [0.4, 0.5) is 0 Å². The average Bonchev–Trinajstić information content (AvgIpc) is 2.66. The number of rotatable bonds is 3. The van der Waals surface area contributed by atoms with Crippen LogP contribution in [0, 0.1) is 6.92 Å². The molecule has 1 fully saturated rings. The van der Waals surface area contributed by atoms with Crippen LogP contribution >= 0.6 is 0 Å². The first-order valence-electron chi connectivity index (χ1n) is 8.78. The molecule has 0 saturated carbocycles. The molecule has 3 aromatic rings. The minimum atomic E-state index is -0.420. The lowest BCUT2D eigenvalue weighted by Gasteiger charge is -2.27. The number of ether oxygens (including phenoxy) is 1. The lowest BCUT2D eigenvalue weighted by molar-refractivity contribution is 0.0338. The van der Waals surface area contributed by atoms with Gasteiger partial charge in [0, 0.05) is 36.8 Å². The lowest BCUT2D eigenvalue weighted by atomic mass is 9.96. The van der Waals surface area contributed by atoms with E-state index in [1.165, 1.54) is 6.07 Å². The van der Waals surface area contributed by atoms with Crippen LogP contribution in [-0.4, -0.2) is 36.3 Å². The van der Waals surface area contributed by atoms with E-state index < -0.39 is 5.63 Å². The Kier molecular flexibility index (Phi) is 4.49. The van der Waals surface area contributed by atoms with Crippen LogP contribution < -0.4 is 5.63 Å². The number of hydrogen-bond donors (Lipinski definition) is 1. The quantitative estimate of drug-likeness (QED) is 0.734. The monoisotopic (exact) mass is 351 g/mol. The Labute approximate surface area is 151 Å². The number of nitrogens with zero attached hydrogens (tertiary/aromatic N) is 1. The maximum atomic E-state index is 12.0. The third kappa shape index (κ3) is 3.11. The highest BCUT2D eigenvalue weighted by molar-refractivity contribution is 5.98. The van der Waals surface area contributed by atoms with Crippen LogP contribution in [0.2, 0.25) is 0 Å². The molecular formula is C21H21NO4. The van der Waals surface area contributed by atoms with Crippen LogP contribution in [0.5, 0.6) is 5.75 Å². The fraction of sp³-hybridized carbons (Fsp3) is 0.286. The molecule has 4 rings (SSSR count). The summed E-state index contributed by atoms with van der Waals surface area (Å²) in [5, 5.41) is 11.7. The van der Waals surface area contributed by atoms with E-state index in [-0.39, 0.29) is 5.75 Å². The third-order valence-electron chi connectivity index (χ3n) is 4.90. The molecule has 1 aliphatic heterocycles. The van der Waals surface area contributed by atoms with E-state index in [9.17, 15) is 9.90 Å². The van der Waals surface area contributed by atoms with Crippen molar-refractivity contribution in [3.05, 3.63) is 64.0 Å². The Morgan fingerprint density at radius 2 is 1.85 bits per heavy atom. The van der Waals surface area contributed by atoms with Crippen molar-refractivity contribution in [2.24, 2.45) is 0 Å². The van der Waals surface area contributed by atoms with Crippen molar-refractivity contribution >= 4 is 11.0 Å². The summed E-state index contributed by atoms with van der Waals surface area (Å²) in [7, 11) is 0. The van der Waals surface area contributed by atoms with E-state index >= 15 is 0 Å². The zero-order valence-electron chi connectivity index (χ0n) is 14.7. The molecule has 0 unspecified atom stereocenters. The van der Waals surface area contributed by atoms with E-state index in [1.807, 2.05) is 43.3 Å². The Balaban J connectivity index is 1.89. The first-order valence-corrected chi connectivity index (χ1v) is 8.78. The standard InChI is InChI=1S/C21H21NO4/c1-14-11-18-20(21(24)17(14)13-22-7-9-25-10-8-22)16(12-19(23)26-18)15-5-3-2-4-6-15/h2-6,11-12,24H,7-10,13H2,1H3. The van der Waals surface area contributed by atoms with Crippen molar-refractivity contribution in [1.82, 2.24) is 4.90 Å². The van der Waals surface area contributed by atoms with Crippen molar-refractivity contribution in [3.63, 3.8) is 0 Å². The number of morpholine rings is 1. The number of benzene rings is 2. The second-order valence-electron chi connectivity index (χ2n) is 6.63. The zero-order chi connectivity index (χ0) is 18.1. The van der Waals surface area contributed by atoms with Crippen molar-refractivity contribution in [2.45, 2.75) is 13.5 Å². The Morgan fingerprint density at radius 3 is 2.58 bits per heavy atom. The molecule has 0 amide bonds. The number of fused-ring (bicyclic) bond motifs is 1. The molecule has 0 atom stereocenters. The smallest absolute Gasteiger partial charge is 0.336 e. The summed E-state index contributed by atoms with van der Waals surface area (Å²) in [6.07, 6.45) is 0. The van der Waals surface area contributed by atoms with E-state index in [1.54, 1.807) is 0 Å². The average molecular weight is 351 g/mol. The van der Waals surface area contributed by atoms with Gasteiger partial charge in [0.1, 0.15) is 11.3 Å². The predicted octanol–water partition coefficient (Wildman–Crippen LogP) is 3.31. The van der Waals surface area contributed by atoms with Gasteiger partial charge in [0.15, 0.2) is 0 Å². The summed E-state index contributed by atoms with van der Waals surface area (Å²) in [5.74, 6) is 0.189. The molecule has 0 spiro atoms. The maximum absolute atomic E-state index is 12.0. The maximum Gasteiger partial charge on any atom is 0.336 e. The lowest BCUT2D eigenvalue weighted by Crippen LogP contribution is -2.35. The van der Waals surface area contributed by atoms with Crippen LogP contribution in [-0.2, 0) is 11.3 Å². The van der Waals surface area contributed by atoms with Crippen molar-refractivity contribution in [3.8, 4) is 16.9 Å². The van der Waals surface area contributed by atoms with Crippen LogP contribution in [0.1, 0.15) is 11.1 Å². The summed E-state index contributed by atoms with van der Waals surface area (Å²) in [6.45, 7) is 5.67. The van der Waals surface area contributed by atoms with Crippen molar-refractivity contribution < 1.29 is 14.3 Å². The molecular weight excluding hydrogens is 330 g/mol. The van der Waals surface area contributed by atoms with E-state index in [4.69, 9.17) is 9.15 Å². The van der Waals surface area contributed by atoms with Gasteiger partial charge in [-0.05, 0) is 24.1 Å². The van der Waals surface area contributed by atoms with Gasteiger partial charge in [-0.1, -0.05) is 30.3 Å². The van der Waals surface area contributed by atoms with Gasteiger partial charge in [-0.3, -0.25) is 4.90 Å². The Bertz CT molecular complexity index is 988. The zero-order valence-corrected chi connectivity index (χ0v) is 14.7. The van der Waals surface area contributed by atoms with Gasteiger partial charge in [0.2, 0.25) is 0 Å². The molecule has 1 N–H and O–H groups in total. The van der Waals surface area contributed by atoms with Gasteiger partial charge in [-0.25, -0.2) is 4.79 Å². The molecule has 5 nitrogen and oxygen atoms in total. The van der Waals surface area contributed by atoms with Gasteiger partial charge in [-0.2, -0.15) is 0 Å². The normalized spacial score (nSPS) is 15.4. The minimum absolute atomic E-state index is 0.189. The molecule has 0 radical (unpaired) electrons. The van der Waals surface area contributed by atoms with E-state index in [0.29, 0.717) is 36.3 Å². The molecule has 5 heteroatoms. The molecule has 0 bridgehead atoms. The minimum Gasteiger partial charge on any atom is -0.507 e. The SMILES string of the molecule is Cc1cc2oc(=O)cc(-c3ccccc3)c2c(O)c1CN1CCOCC1. The second-order valence-corrected chi connectivity index (χ2v) is 6.63. The molecule has 1 aliphatic rings. The van der Waals surface area contributed by atoms with Gasteiger partial charge in [0.25, 0.3) is 0 Å². The molecule has 1 aromatic heterocycles. The van der Waals surface area contributed by atoms with Gasteiger partial charge < -0.3 is 14.3 Å². The fourth-order valence-corrected chi connectivity index (χ4v) is 3.51. The highest BCUT2D eigenvalue weighted by Crippen LogP contribution is 2.38. The van der Waals surface area contributed by atoms with E-state index in [0.717, 1.165) is 29.8 Å². The number of hydrogen-bond acceptors (Lipinski definition) is 5. The Hall–Kier alpha value is -2.63. The summed E-state index contributed by atoms with van der Waals surface area (Å²) in [6, 6.07) is 12.9. The highest BCUT2D eigenvalue weighted by atomic mass is 16.5. The fourth-order valence-electron chi connectivity index (χ4n) is 3.51. The summed E-state index contributed by atoms with van der Waals surface area (Å²) < 4.78 is 10.8. The number of aryl methyl sites for hydroxylation is 1. The first kappa shape index (κ1) is 16.8. The topological polar surface area (TPSA) is 62.9 Å². The highest BCUT2D eigenvalue weighted by Gasteiger charge is 2.20. The Morgan fingerprint density at radius 1 is 1.12 bits per heavy atom. The molecule has 134 valence electrons. The molecule has 1 saturated heterocycles. The van der Waals surface area contributed by atoms with Gasteiger partial charge in [0.05, 0.1) is 18.6 Å². The third-order valence-corrected chi connectivity index (χ3v) is 4.90. The van der Waals surface area contributed by atoms with Crippen LogP contribution in [0.15, 0.2) is 51.7 Å². The molecule has 0 aliphatic carbocycles. The van der Waals surface area contributed by atoms with Crippen LogP contribution in [0.3, 0.4) is 0 Å². The summed E-state index contributed by atoms with van der Waals surface area (Å²) >= 11 is 0. The number of phenolic OH excluding ortho intramolecular Hbond substituents is 1. The number of phenols is 1. The molecule has 2 heterocycles. The van der Waals surface area contributed by atoms with Crippen LogP contribution in [0.25, 0.3) is 22.1 Å². The summed E-state index contributed by atoms with van der Waals surface area (Å²) in [4.78, 5) is 14.3. The molecule has 2 aromatic carbocycles. The second kappa shape index (κ2) is 6.94. The van der Waals surface area contributed by atoms with Gasteiger partial charge in [-0.15, -0.1) is 0 Å². The van der Waals surface area contributed by atoms with Crippen molar-refractivity contribution in [2.75, 3.05) is 26.3 Å². The number of aromatic hydroxyl groups is 1.